The Morgan fingerprint density at radius 1 is 1.36 bits per heavy atom. The van der Waals surface area contributed by atoms with Crippen LogP contribution < -0.4 is 10.5 Å². The minimum Gasteiger partial charge on any atom is -0.495 e. The molecule has 0 heterocycles. The molecule has 0 unspecified atom stereocenters. The van der Waals surface area contributed by atoms with E-state index < -0.39 is 0 Å². The van der Waals surface area contributed by atoms with Crippen LogP contribution in [0.5, 0.6) is 5.75 Å². The lowest BCUT2D eigenvalue weighted by molar-refractivity contribution is 0.415. The van der Waals surface area contributed by atoms with Crippen molar-refractivity contribution in [3.8, 4) is 5.75 Å². The normalized spacial score (nSPS) is 9.73. The minimum atomic E-state index is 0.400. The molecule has 2 nitrogen and oxygen atoms in total. The van der Waals surface area contributed by atoms with Crippen molar-refractivity contribution in [1.29, 1.82) is 0 Å². The summed E-state index contributed by atoms with van der Waals surface area (Å²) in [6.45, 7) is 0. The maximum Gasteiger partial charge on any atom is 0.141 e. The molecule has 1 aromatic carbocycles. The van der Waals surface area contributed by atoms with Crippen LogP contribution in [0.1, 0.15) is 0 Å². The summed E-state index contributed by atoms with van der Waals surface area (Å²) < 4.78 is 4.91. The van der Waals surface area contributed by atoms with Crippen molar-refractivity contribution >= 4 is 28.9 Å². The van der Waals surface area contributed by atoms with Gasteiger partial charge >= 0.3 is 0 Å². The van der Waals surface area contributed by atoms with Crippen molar-refractivity contribution in [2.75, 3.05) is 12.8 Å². The van der Waals surface area contributed by atoms with Gasteiger partial charge in [0.1, 0.15) is 10.8 Å². The van der Waals surface area contributed by atoms with E-state index in [0.717, 1.165) is 0 Å². The third-order valence-corrected chi connectivity index (χ3v) is 1.87. The molecule has 0 atom stereocenters. The fraction of sp³-hybridized carbons (Fsp3) is 0.143. The second kappa shape index (κ2) is 3.20. The summed E-state index contributed by atoms with van der Waals surface area (Å²) in [6.07, 6.45) is 0. The van der Waals surface area contributed by atoms with Gasteiger partial charge < -0.3 is 10.5 Å². The van der Waals surface area contributed by atoms with Gasteiger partial charge in [-0.05, 0) is 6.07 Å². The number of hydrogen-bond donors (Lipinski definition) is 1. The Bertz CT molecular complexity index is 275. The van der Waals surface area contributed by atoms with Crippen LogP contribution in [0.3, 0.4) is 0 Å². The number of anilines is 1. The largest absolute Gasteiger partial charge is 0.495 e. The highest BCUT2D eigenvalue weighted by molar-refractivity contribution is 6.36. The van der Waals surface area contributed by atoms with E-state index in [1.54, 1.807) is 12.1 Å². The Kier molecular flexibility index (Phi) is 2.47. The average molecular weight is 192 g/mol. The van der Waals surface area contributed by atoms with Crippen LogP contribution in [0.2, 0.25) is 10.0 Å². The van der Waals surface area contributed by atoms with E-state index in [1.807, 2.05) is 0 Å². The molecule has 0 saturated heterocycles. The molecule has 0 aliphatic rings. The summed E-state index contributed by atoms with van der Waals surface area (Å²) >= 11 is 11.4. The van der Waals surface area contributed by atoms with Crippen LogP contribution in [0.25, 0.3) is 0 Å². The Morgan fingerprint density at radius 2 is 2.00 bits per heavy atom. The van der Waals surface area contributed by atoms with Crippen LogP contribution in [-0.2, 0) is 0 Å². The SMILES string of the molecule is COc1cc(Cl)cc(N)c1Cl. The van der Waals surface area contributed by atoms with E-state index in [2.05, 4.69) is 0 Å². The predicted octanol–water partition coefficient (Wildman–Crippen LogP) is 2.58. The minimum absolute atomic E-state index is 0.400. The first-order chi connectivity index (χ1) is 5.15. The smallest absolute Gasteiger partial charge is 0.141 e. The van der Waals surface area contributed by atoms with Crippen molar-refractivity contribution in [2.24, 2.45) is 0 Å². The number of rotatable bonds is 1. The lowest BCUT2D eigenvalue weighted by Gasteiger charge is -2.05. The molecule has 0 bridgehead atoms. The van der Waals surface area contributed by atoms with Crippen molar-refractivity contribution in [3.05, 3.63) is 22.2 Å². The van der Waals surface area contributed by atoms with Crippen molar-refractivity contribution in [3.63, 3.8) is 0 Å². The highest BCUT2D eigenvalue weighted by Gasteiger charge is 2.04. The van der Waals surface area contributed by atoms with Crippen LogP contribution >= 0.6 is 23.2 Å². The zero-order valence-electron chi connectivity index (χ0n) is 5.90. The molecule has 0 fully saturated rings. The zero-order valence-corrected chi connectivity index (χ0v) is 7.41. The van der Waals surface area contributed by atoms with Crippen molar-refractivity contribution < 1.29 is 4.74 Å². The summed E-state index contributed by atoms with van der Waals surface area (Å²) in [5.74, 6) is 0.497. The molecule has 0 amide bonds. The molecule has 0 saturated carbocycles. The fourth-order valence-electron chi connectivity index (χ4n) is 0.733. The molecule has 2 N–H and O–H groups in total. The van der Waals surface area contributed by atoms with Gasteiger partial charge in [-0.1, -0.05) is 23.2 Å². The van der Waals surface area contributed by atoms with Crippen LogP contribution in [0.4, 0.5) is 5.69 Å². The van der Waals surface area contributed by atoms with Crippen LogP contribution in [0.15, 0.2) is 12.1 Å². The monoisotopic (exact) mass is 191 g/mol. The standard InChI is InChI=1S/C7H7Cl2NO/c1-11-6-3-4(8)2-5(10)7(6)9/h2-3H,10H2,1H3. The molecule has 1 rings (SSSR count). The van der Waals surface area contributed by atoms with Gasteiger partial charge in [-0.25, -0.2) is 0 Å². The zero-order chi connectivity index (χ0) is 8.43. The number of benzene rings is 1. The van der Waals surface area contributed by atoms with Gasteiger partial charge in [0.05, 0.1) is 12.8 Å². The summed E-state index contributed by atoms with van der Waals surface area (Å²) in [6, 6.07) is 3.19. The van der Waals surface area contributed by atoms with E-state index in [9.17, 15) is 0 Å². The molecule has 0 aromatic heterocycles. The van der Waals surface area contributed by atoms with Crippen LogP contribution in [0, 0.1) is 0 Å². The lowest BCUT2D eigenvalue weighted by Crippen LogP contribution is -1.90. The summed E-state index contributed by atoms with van der Waals surface area (Å²) in [7, 11) is 1.51. The lowest BCUT2D eigenvalue weighted by atomic mass is 10.3. The van der Waals surface area contributed by atoms with Gasteiger partial charge in [0.15, 0.2) is 0 Å². The van der Waals surface area contributed by atoms with E-state index >= 15 is 0 Å². The molecular formula is C7H7Cl2NO. The number of nitrogens with two attached hydrogens (primary N) is 1. The quantitative estimate of drug-likeness (QED) is 0.694. The van der Waals surface area contributed by atoms with Gasteiger partial charge in [-0.3, -0.25) is 0 Å². The Hall–Kier alpha value is -0.600. The van der Waals surface area contributed by atoms with E-state index in [4.69, 9.17) is 33.7 Å². The highest BCUT2D eigenvalue weighted by Crippen LogP contribution is 2.33. The molecule has 0 aliphatic carbocycles. The molecule has 0 radical (unpaired) electrons. The number of methoxy groups -OCH3 is 1. The second-order valence-electron chi connectivity index (χ2n) is 2.01. The van der Waals surface area contributed by atoms with Gasteiger partial charge in [-0.2, -0.15) is 0 Å². The second-order valence-corrected chi connectivity index (χ2v) is 2.83. The molecule has 0 spiro atoms. The van der Waals surface area contributed by atoms with Gasteiger partial charge in [0.25, 0.3) is 0 Å². The number of nitrogen functional groups attached to an aromatic ring is 1. The van der Waals surface area contributed by atoms with E-state index in [-0.39, 0.29) is 0 Å². The number of hydrogen-bond acceptors (Lipinski definition) is 2. The fourth-order valence-corrected chi connectivity index (χ4v) is 1.14. The highest BCUT2D eigenvalue weighted by atomic mass is 35.5. The Morgan fingerprint density at radius 3 is 2.55 bits per heavy atom. The number of ether oxygens (including phenoxy) is 1. The van der Waals surface area contributed by atoms with Gasteiger partial charge in [0, 0.05) is 11.1 Å². The topological polar surface area (TPSA) is 35.2 Å². The van der Waals surface area contributed by atoms with Crippen LogP contribution in [-0.4, -0.2) is 7.11 Å². The Balaban J connectivity index is 3.24. The van der Waals surface area contributed by atoms with Crippen molar-refractivity contribution in [2.45, 2.75) is 0 Å². The Labute approximate surface area is 74.9 Å². The summed E-state index contributed by atoms with van der Waals surface area (Å²) in [5, 5.41) is 0.917. The third-order valence-electron chi connectivity index (χ3n) is 1.25. The molecule has 11 heavy (non-hydrogen) atoms. The maximum atomic E-state index is 5.76. The molecule has 0 aliphatic heterocycles. The molecule has 4 heteroatoms. The molecular weight excluding hydrogens is 185 g/mol. The van der Waals surface area contributed by atoms with E-state index in [1.165, 1.54) is 7.11 Å². The maximum absolute atomic E-state index is 5.76. The van der Waals surface area contributed by atoms with Gasteiger partial charge in [-0.15, -0.1) is 0 Å². The van der Waals surface area contributed by atoms with Crippen molar-refractivity contribution in [1.82, 2.24) is 0 Å². The first kappa shape index (κ1) is 8.50. The third kappa shape index (κ3) is 1.70. The van der Waals surface area contributed by atoms with E-state index in [0.29, 0.717) is 21.5 Å². The number of halogens is 2. The first-order valence-electron chi connectivity index (χ1n) is 2.93. The first-order valence-corrected chi connectivity index (χ1v) is 3.69. The average Bonchev–Trinajstić information content (AvgIpc) is 1.96. The predicted molar refractivity (Wildman–Crippen MR) is 47.4 cm³/mol. The van der Waals surface area contributed by atoms with Gasteiger partial charge in [0.2, 0.25) is 0 Å². The molecule has 60 valence electrons. The summed E-state index contributed by atoms with van der Waals surface area (Å²) in [4.78, 5) is 0. The molecule has 1 aromatic rings. The summed E-state index contributed by atoms with van der Waals surface area (Å²) in [5.41, 5.74) is 5.93.